The van der Waals surface area contributed by atoms with Gasteiger partial charge in [0, 0.05) is 12.4 Å². The van der Waals surface area contributed by atoms with Gasteiger partial charge in [-0.25, -0.2) is 0 Å². The molecule has 78 valence electrons. The molecule has 0 saturated carbocycles. The summed E-state index contributed by atoms with van der Waals surface area (Å²) in [6, 6.07) is 11.9. The normalized spacial score (nSPS) is 8.06. The van der Waals surface area contributed by atoms with Gasteiger partial charge in [0.1, 0.15) is 5.75 Å². The first-order chi connectivity index (χ1) is 7.33. The molecule has 0 N–H and O–H groups in total. The summed E-state index contributed by atoms with van der Waals surface area (Å²) in [6.07, 6.45) is 3.50. The zero-order valence-electron chi connectivity index (χ0n) is 9.46. The molecule has 0 fully saturated rings. The number of benzene rings is 1. The second-order valence-electron chi connectivity index (χ2n) is 2.70. The van der Waals surface area contributed by atoms with Gasteiger partial charge in [-0.3, -0.25) is 4.98 Å². The molecule has 2 aromatic rings. The number of aromatic nitrogens is 1. The van der Waals surface area contributed by atoms with Crippen molar-refractivity contribution in [3.8, 4) is 11.5 Å². The minimum atomic E-state index is 0. The largest absolute Gasteiger partial charge is 1.00 e. The molecule has 0 bridgehead atoms. The maximum atomic E-state index is 10.5. The molecule has 0 atom stereocenters. The average Bonchev–Trinajstić information content (AvgIpc) is 2.33. The second-order valence-corrected chi connectivity index (χ2v) is 2.70. The van der Waals surface area contributed by atoms with Gasteiger partial charge in [-0.2, -0.15) is 0 Å². The quantitative estimate of drug-likeness (QED) is 0.557. The molecule has 4 heteroatoms. The number of ether oxygens (including phenoxy) is 1. The van der Waals surface area contributed by atoms with Crippen LogP contribution in [0.4, 0.5) is 0 Å². The zero-order chi connectivity index (χ0) is 10.9. The van der Waals surface area contributed by atoms with E-state index >= 15 is 0 Å². The number of hydrogen-bond donors (Lipinski definition) is 0. The van der Waals surface area contributed by atoms with Crippen LogP contribution in [-0.2, 0) is 0 Å². The Hall–Kier alpha value is -1.43. The Morgan fingerprint density at radius 2 is 1.56 bits per heavy atom. The van der Waals surface area contributed by atoms with Gasteiger partial charge in [-0.1, -0.05) is 18.2 Å². The molecule has 1 aromatic heterocycles. The predicted octanol–water partition coefficient (Wildman–Crippen LogP) is -1.15. The first-order valence-electron chi connectivity index (χ1n) is 4.49. The van der Waals surface area contributed by atoms with Crippen LogP contribution in [0.2, 0.25) is 0 Å². The molecular formula is C12H12LiNO2. The standard InChI is InChI=1S/C7H8O2.C5H5N.Li/c1-9-7-4-2-6(8)3-5-7;1-2-4-6-5-3-1;/h2-5,8H,1H3;1-5H;/q;;+1/p-1. The molecule has 3 nitrogen and oxygen atoms in total. The summed E-state index contributed by atoms with van der Waals surface area (Å²) in [4.78, 5) is 3.78. The fourth-order valence-electron chi connectivity index (χ4n) is 0.888. The molecule has 2 rings (SSSR count). The molecule has 1 heterocycles. The summed E-state index contributed by atoms with van der Waals surface area (Å²) >= 11 is 0. The van der Waals surface area contributed by atoms with Gasteiger partial charge in [0.05, 0.1) is 7.11 Å². The summed E-state index contributed by atoms with van der Waals surface area (Å²) in [5.74, 6) is 0.727. The van der Waals surface area contributed by atoms with Gasteiger partial charge >= 0.3 is 18.9 Å². The van der Waals surface area contributed by atoms with E-state index in [9.17, 15) is 5.11 Å². The Bertz CT molecular complexity index is 338. The van der Waals surface area contributed by atoms with Crippen molar-refractivity contribution in [3.63, 3.8) is 0 Å². The van der Waals surface area contributed by atoms with E-state index in [-0.39, 0.29) is 24.6 Å². The van der Waals surface area contributed by atoms with E-state index in [1.807, 2.05) is 18.2 Å². The fourth-order valence-corrected chi connectivity index (χ4v) is 0.888. The van der Waals surface area contributed by atoms with Crippen LogP contribution >= 0.6 is 0 Å². The van der Waals surface area contributed by atoms with Crippen molar-refractivity contribution < 1.29 is 28.7 Å². The minimum absolute atomic E-state index is 0. The molecule has 16 heavy (non-hydrogen) atoms. The maximum Gasteiger partial charge on any atom is 1.00 e. The van der Waals surface area contributed by atoms with E-state index in [0.29, 0.717) is 0 Å². The smallest absolute Gasteiger partial charge is 0.872 e. The van der Waals surface area contributed by atoms with E-state index in [1.165, 1.54) is 12.1 Å². The van der Waals surface area contributed by atoms with Gasteiger partial charge in [-0.05, 0) is 24.3 Å². The predicted molar refractivity (Wildman–Crippen MR) is 56.7 cm³/mol. The van der Waals surface area contributed by atoms with Crippen molar-refractivity contribution in [1.82, 2.24) is 4.98 Å². The number of pyridine rings is 1. The first-order valence-corrected chi connectivity index (χ1v) is 4.49. The van der Waals surface area contributed by atoms with Gasteiger partial charge in [0.25, 0.3) is 0 Å². The van der Waals surface area contributed by atoms with Crippen molar-refractivity contribution in [2.24, 2.45) is 0 Å². The zero-order valence-corrected chi connectivity index (χ0v) is 9.46. The first kappa shape index (κ1) is 14.6. The summed E-state index contributed by atoms with van der Waals surface area (Å²) in [5, 5.41) is 10.5. The maximum absolute atomic E-state index is 10.5. The number of hydrogen-bond acceptors (Lipinski definition) is 3. The van der Waals surface area contributed by atoms with E-state index in [0.717, 1.165) is 5.75 Å². The number of nitrogens with zero attached hydrogens (tertiary/aromatic N) is 1. The van der Waals surface area contributed by atoms with Crippen molar-refractivity contribution >= 4 is 0 Å². The SMILES string of the molecule is COc1ccc([O-])cc1.[Li+].c1ccncc1. The Morgan fingerprint density at radius 1 is 1.00 bits per heavy atom. The molecule has 0 spiro atoms. The third-order valence-electron chi connectivity index (χ3n) is 1.63. The third-order valence-corrected chi connectivity index (χ3v) is 1.63. The number of rotatable bonds is 1. The number of methoxy groups -OCH3 is 1. The molecule has 0 radical (unpaired) electrons. The molecule has 0 aliphatic carbocycles. The van der Waals surface area contributed by atoms with Gasteiger partial charge in [0.2, 0.25) is 0 Å². The Balaban J connectivity index is 0.000000283. The van der Waals surface area contributed by atoms with E-state index in [2.05, 4.69) is 4.98 Å². The summed E-state index contributed by atoms with van der Waals surface area (Å²) in [5.41, 5.74) is 0. The van der Waals surface area contributed by atoms with Crippen molar-refractivity contribution in [3.05, 3.63) is 54.9 Å². The van der Waals surface area contributed by atoms with E-state index < -0.39 is 0 Å². The molecular weight excluding hydrogens is 197 g/mol. The van der Waals surface area contributed by atoms with E-state index in [4.69, 9.17) is 4.74 Å². The van der Waals surface area contributed by atoms with Crippen LogP contribution in [0.5, 0.6) is 11.5 Å². The van der Waals surface area contributed by atoms with Crippen LogP contribution in [0.1, 0.15) is 0 Å². The average molecular weight is 209 g/mol. The Morgan fingerprint density at radius 3 is 1.88 bits per heavy atom. The Labute approximate surface area is 107 Å². The van der Waals surface area contributed by atoms with Crippen molar-refractivity contribution in [1.29, 1.82) is 0 Å². The van der Waals surface area contributed by atoms with Gasteiger partial charge in [0.15, 0.2) is 0 Å². The van der Waals surface area contributed by atoms with E-state index in [1.54, 1.807) is 31.6 Å². The minimum Gasteiger partial charge on any atom is -0.872 e. The summed E-state index contributed by atoms with van der Waals surface area (Å²) < 4.78 is 4.83. The van der Waals surface area contributed by atoms with Crippen LogP contribution in [0.25, 0.3) is 0 Å². The van der Waals surface area contributed by atoms with Gasteiger partial charge in [-0.15, -0.1) is 5.75 Å². The molecule has 1 aromatic carbocycles. The fraction of sp³-hybridized carbons (Fsp3) is 0.0833. The molecule has 0 amide bonds. The summed E-state index contributed by atoms with van der Waals surface area (Å²) in [7, 11) is 1.57. The van der Waals surface area contributed by atoms with Crippen LogP contribution in [0.15, 0.2) is 54.9 Å². The van der Waals surface area contributed by atoms with Gasteiger partial charge < -0.3 is 9.84 Å². The monoisotopic (exact) mass is 209 g/mol. The van der Waals surface area contributed by atoms with Crippen molar-refractivity contribution in [2.45, 2.75) is 0 Å². The van der Waals surface area contributed by atoms with Crippen LogP contribution < -0.4 is 28.7 Å². The van der Waals surface area contributed by atoms with Crippen LogP contribution in [-0.4, -0.2) is 12.1 Å². The van der Waals surface area contributed by atoms with Crippen LogP contribution in [0.3, 0.4) is 0 Å². The second kappa shape index (κ2) is 8.84. The topological polar surface area (TPSA) is 45.2 Å². The molecule has 0 aliphatic heterocycles. The summed E-state index contributed by atoms with van der Waals surface area (Å²) in [6.45, 7) is 0. The van der Waals surface area contributed by atoms with Crippen LogP contribution in [0, 0.1) is 0 Å². The van der Waals surface area contributed by atoms with Crippen molar-refractivity contribution in [2.75, 3.05) is 7.11 Å². The molecule has 0 unspecified atom stereocenters. The molecule has 0 aliphatic rings. The molecule has 0 saturated heterocycles. The third kappa shape index (κ3) is 6.13. The Kier molecular flexibility index (Phi) is 8.05.